The van der Waals surface area contributed by atoms with Gasteiger partial charge in [-0.15, -0.1) is 0 Å². The molecule has 0 rings (SSSR count). The molecule has 3 heteroatoms. The molecule has 0 aromatic carbocycles. The third-order valence-corrected chi connectivity index (χ3v) is 2.88. The number of unbranched alkanes of at least 4 members (excludes halogenated alkanes) is 1. The second kappa shape index (κ2) is 8.77. The molecule has 0 spiro atoms. The maximum atomic E-state index is 11.1. The number of ketones is 1. The van der Waals surface area contributed by atoms with Crippen LogP contribution < -0.4 is 0 Å². The Morgan fingerprint density at radius 3 is 2.67 bits per heavy atom. The molecule has 0 radical (unpaired) electrons. The Bertz CT molecular complexity index is 162. The van der Waals surface area contributed by atoms with Gasteiger partial charge in [0.05, 0.1) is 0 Å². The topological polar surface area (TPSA) is 40.9 Å². The monoisotopic (exact) mass is 233 g/mol. The van der Waals surface area contributed by atoms with Gasteiger partial charge in [-0.3, -0.25) is 0 Å². The molecular formula is C9H15NOSe. The van der Waals surface area contributed by atoms with E-state index < -0.39 is 0 Å². The molecule has 0 aromatic heterocycles. The van der Waals surface area contributed by atoms with Crippen LogP contribution in [0.3, 0.4) is 0 Å². The van der Waals surface area contributed by atoms with Crippen molar-refractivity contribution in [2.45, 2.75) is 44.3 Å². The molecule has 0 heterocycles. The van der Waals surface area contributed by atoms with Crippen molar-refractivity contribution in [1.82, 2.24) is 0 Å². The molecule has 0 saturated carbocycles. The van der Waals surface area contributed by atoms with E-state index in [1.807, 2.05) is 0 Å². The van der Waals surface area contributed by atoms with Crippen LogP contribution in [0.25, 0.3) is 0 Å². The summed E-state index contributed by atoms with van der Waals surface area (Å²) in [7, 11) is 0. The number of nitrogens with zero attached hydrogens (tertiary/aromatic N) is 1. The first-order valence-electron chi connectivity index (χ1n) is 4.33. The van der Waals surface area contributed by atoms with Gasteiger partial charge in [-0.05, 0) is 0 Å². The van der Waals surface area contributed by atoms with Crippen molar-refractivity contribution in [3.63, 3.8) is 0 Å². The van der Waals surface area contributed by atoms with Crippen LogP contribution >= 0.6 is 0 Å². The summed E-state index contributed by atoms with van der Waals surface area (Å²) >= 11 is 0.102. The number of carbonyl (C=O) groups excluding carboxylic acids is 1. The third-order valence-electron chi connectivity index (χ3n) is 1.58. The van der Waals surface area contributed by atoms with Crippen LogP contribution in [0.5, 0.6) is 0 Å². The molecule has 2 nitrogen and oxygen atoms in total. The number of hydrogen-bond acceptors (Lipinski definition) is 2. The van der Waals surface area contributed by atoms with Gasteiger partial charge in [0.25, 0.3) is 0 Å². The Labute approximate surface area is 80.5 Å². The Hall–Kier alpha value is -0.321. The van der Waals surface area contributed by atoms with Gasteiger partial charge in [0.15, 0.2) is 0 Å². The molecule has 0 bridgehead atoms. The number of rotatable bonds is 7. The Balaban J connectivity index is 3.15. The minimum absolute atomic E-state index is 0.102. The quantitative estimate of drug-likeness (QED) is 0.498. The predicted octanol–water partition coefficient (Wildman–Crippen LogP) is 2.13. The average molecular weight is 232 g/mol. The van der Waals surface area contributed by atoms with E-state index >= 15 is 0 Å². The van der Waals surface area contributed by atoms with Crippen LogP contribution in [-0.2, 0) is 4.79 Å². The van der Waals surface area contributed by atoms with Crippen molar-refractivity contribution in [2.24, 2.45) is 0 Å². The first-order valence-corrected chi connectivity index (χ1v) is 6.40. The number of hydrogen-bond donors (Lipinski definition) is 0. The van der Waals surface area contributed by atoms with Gasteiger partial charge < -0.3 is 0 Å². The number of Topliss-reactive ketones (excluding diaryl/α,β-unsaturated/α-hetero) is 1. The SMILES string of the molecule is CCCCC(=O)CCC[Se]C#N. The van der Waals surface area contributed by atoms with Gasteiger partial charge in [0, 0.05) is 0 Å². The molecule has 0 aliphatic rings. The normalized spacial score (nSPS) is 9.33. The molecule has 0 aliphatic heterocycles. The van der Waals surface area contributed by atoms with E-state index in [2.05, 4.69) is 11.9 Å². The van der Waals surface area contributed by atoms with Crippen LogP contribution in [0.2, 0.25) is 5.32 Å². The van der Waals surface area contributed by atoms with Gasteiger partial charge in [0.2, 0.25) is 0 Å². The molecule has 0 aromatic rings. The van der Waals surface area contributed by atoms with Crippen LogP contribution in [-0.4, -0.2) is 20.7 Å². The zero-order valence-corrected chi connectivity index (χ0v) is 9.22. The van der Waals surface area contributed by atoms with Crippen molar-refractivity contribution >= 4 is 20.7 Å². The maximum absolute atomic E-state index is 11.1. The molecule has 68 valence electrons. The fourth-order valence-corrected chi connectivity index (χ4v) is 1.68. The van der Waals surface area contributed by atoms with Gasteiger partial charge >= 0.3 is 80.1 Å². The van der Waals surface area contributed by atoms with Crippen LogP contribution in [0.4, 0.5) is 0 Å². The fourth-order valence-electron chi connectivity index (χ4n) is 0.886. The van der Waals surface area contributed by atoms with Gasteiger partial charge in [0.1, 0.15) is 0 Å². The molecule has 0 fully saturated rings. The van der Waals surface area contributed by atoms with Gasteiger partial charge in [-0.1, -0.05) is 0 Å². The minimum atomic E-state index is 0.102. The molecule has 0 aliphatic carbocycles. The Morgan fingerprint density at radius 1 is 1.42 bits per heavy atom. The van der Waals surface area contributed by atoms with E-state index in [0.29, 0.717) is 12.2 Å². The van der Waals surface area contributed by atoms with Gasteiger partial charge in [-0.2, -0.15) is 0 Å². The molecular weight excluding hydrogens is 217 g/mol. The van der Waals surface area contributed by atoms with Crippen molar-refractivity contribution in [3.8, 4) is 4.97 Å². The molecule has 0 atom stereocenters. The van der Waals surface area contributed by atoms with Crippen LogP contribution in [0, 0.1) is 10.2 Å². The molecule has 0 N–H and O–H groups in total. The summed E-state index contributed by atoms with van der Waals surface area (Å²) in [6.07, 6.45) is 4.44. The van der Waals surface area contributed by atoms with Crippen LogP contribution in [0.15, 0.2) is 0 Å². The van der Waals surface area contributed by atoms with Crippen molar-refractivity contribution in [1.29, 1.82) is 5.26 Å². The Kier molecular flexibility index (Phi) is 8.54. The summed E-state index contributed by atoms with van der Waals surface area (Å²) in [4.78, 5) is 13.2. The molecule has 0 amide bonds. The number of carbonyl (C=O) groups is 1. The first kappa shape index (κ1) is 11.7. The standard InChI is InChI=1S/C9H15NOSe/c1-2-3-5-9(11)6-4-7-12-8-10/h2-7H2,1H3. The molecule has 0 saturated heterocycles. The first-order chi connectivity index (χ1) is 5.81. The average Bonchev–Trinajstić information content (AvgIpc) is 2.09. The third kappa shape index (κ3) is 7.78. The summed E-state index contributed by atoms with van der Waals surface area (Å²) in [5.41, 5.74) is 0. The summed E-state index contributed by atoms with van der Waals surface area (Å²) in [6.45, 7) is 2.09. The second-order valence-corrected chi connectivity index (χ2v) is 4.53. The van der Waals surface area contributed by atoms with Crippen molar-refractivity contribution in [3.05, 3.63) is 0 Å². The summed E-state index contributed by atoms with van der Waals surface area (Å²) in [5.74, 6) is 0.366. The van der Waals surface area contributed by atoms with E-state index in [9.17, 15) is 4.79 Å². The molecule has 12 heavy (non-hydrogen) atoms. The van der Waals surface area contributed by atoms with E-state index in [4.69, 9.17) is 5.26 Å². The zero-order chi connectivity index (χ0) is 9.23. The van der Waals surface area contributed by atoms with E-state index in [1.165, 1.54) is 0 Å². The fraction of sp³-hybridized carbons (Fsp3) is 0.778. The van der Waals surface area contributed by atoms with Crippen molar-refractivity contribution in [2.75, 3.05) is 0 Å². The van der Waals surface area contributed by atoms with E-state index in [-0.39, 0.29) is 15.0 Å². The summed E-state index contributed by atoms with van der Waals surface area (Å²) in [5, 5.41) is 9.20. The predicted molar refractivity (Wildman–Crippen MR) is 49.9 cm³/mol. The second-order valence-electron chi connectivity index (χ2n) is 2.69. The zero-order valence-electron chi connectivity index (χ0n) is 7.51. The van der Waals surface area contributed by atoms with E-state index in [0.717, 1.165) is 31.0 Å². The van der Waals surface area contributed by atoms with Crippen molar-refractivity contribution < 1.29 is 4.79 Å². The summed E-state index contributed by atoms with van der Waals surface area (Å²) in [6, 6.07) is 0. The van der Waals surface area contributed by atoms with E-state index in [1.54, 1.807) is 0 Å². The van der Waals surface area contributed by atoms with Gasteiger partial charge in [-0.25, -0.2) is 0 Å². The summed E-state index contributed by atoms with van der Waals surface area (Å²) < 4.78 is 0. The number of nitriles is 1. The molecule has 0 unspecified atom stereocenters. The Morgan fingerprint density at radius 2 is 2.08 bits per heavy atom. The van der Waals surface area contributed by atoms with Crippen LogP contribution in [0.1, 0.15) is 39.0 Å².